The highest BCUT2D eigenvalue weighted by Crippen LogP contribution is 2.30. The second-order valence-corrected chi connectivity index (χ2v) is 5.68. The molecule has 0 radical (unpaired) electrons. The van der Waals surface area contributed by atoms with Gasteiger partial charge in [0, 0.05) is 4.88 Å². The number of hydrogen-bond donors (Lipinski definition) is 0. The molecule has 0 unspecified atom stereocenters. The third-order valence-corrected chi connectivity index (χ3v) is 3.83. The Labute approximate surface area is 130 Å². The van der Waals surface area contributed by atoms with Gasteiger partial charge in [-0.3, -0.25) is 4.79 Å². The average Bonchev–Trinajstić information content (AvgIpc) is 2.92. The maximum absolute atomic E-state index is 12.2. The zero-order valence-electron chi connectivity index (χ0n) is 12.0. The number of carbonyl (C=O) groups is 1. The predicted molar refractivity (Wildman–Crippen MR) is 82.0 cm³/mol. The van der Waals surface area contributed by atoms with Gasteiger partial charge in [0.25, 0.3) is 0 Å². The number of aryl methyl sites for hydroxylation is 1. The van der Waals surface area contributed by atoms with Crippen molar-refractivity contribution in [2.45, 2.75) is 13.5 Å². The van der Waals surface area contributed by atoms with Gasteiger partial charge in [-0.15, -0.1) is 11.3 Å². The van der Waals surface area contributed by atoms with Crippen molar-refractivity contribution in [2.24, 2.45) is 0 Å². The minimum Gasteiger partial charge on any atom is -0.493 e. The van der Waals surface area contributed by atoms with Crippen LogP contribution in [0.4, 0.5) is 8.78 Å². The summed E-state index contributed by atoms with van der Waals surface area (Å²) in [6.45, 7) is -0.989. The number of allylic oxidation sites excluding steroid dienone is 1. The number of ketones is 1. The molecule has 0 N–H and O–H groups in total. The van der Waals surface area contributed by atoms with E-state index in [-0.39, 0.29) is 17.3 Å². The first-order valence-electron chi connectivity index (χ1n) is 6.41. The first-order chi connectivity index (χ1) is 10.5. The van der Waals surface area contributed by atoms with Crippen molar-refractivity contribution < 1.29 is 23.0 Å². The summed E-state index contributed by atoms with van der Waals surface area (Å²) in [5.41, 5.74) is 0.653. The third-order valence-electron chi connectivity index (χ3n) is 2.81. The highest BCUT2D eigenvalue weighted by molar-refractivity contribution is 7.14. The van der Waals surface area contributed by atoms with Crippen LogP contribution in [-0.2, 0) is 0 Å². The van der Waals surface area contributed by atoms with Crippen molar-refractivity contribution in [3.05, 3.63) is 51.7 Å². The van der Waals surface area contributed by atoms with E-state index in [1.54, 1.807) is 18.2 Å². The summed E-state index contributed by atoms with van der Waals surface area (Å²) >= 11 is 1.42. The molecule has 0 aliphatic heterocycles. The summed E-state index contributed by atoms with van der Waals surface area (Å²) in [5.74, 6) is 0.0294. The van der Waals surface area contributed by atoms with E-state index in [9.17, 15) is 13.6 Å². The number of rotatable bonds is 6. The molecule has 116 valence electrons. The van der Waals surface area contributed by atoms with Crippen LogP contribution in [0.3, 0.4) is 0 Å². The zero-order chi connectivity index (χ0) is 16.1. The van der Waals surface area contributed by atoms with Crippen LogP contribution in [0.15, 0.2) is 36.4 Å². The maximum atomic E-state index is 12.2. The van der Waals surface area contributed by atoms with E-state index in [0.29, 0.717) is 10.4 Å². The van der Waals surface area contributed by atoms with Gasteiger partial charge in [0.2, 0.25) is 0 Å². The number of alkyl halides is 2. The summed E-state index contributed by atoms with van der Waals surface area (Å²) in [6.07, 6.45) is 3.04. The molecule has 0 fully saturated rings. The van der Waals surface area contributed by atoms with Gasteiger partial charge >= 0.3 is 6.61 Å². The SMILES string of the molecule is COc1cc(C=CC(=O)c2ccc(C)s2)ccc1OC(F)F. The molecule has 0 aliphatic carbocycles. The minimum absolute atomic E-state index is 0.0464. The highest BCUT2D eigenvalue weighted by atomic mass is 32.1. The molecule has 22 heavy (non-hydrogen) atoms. The van der Waals surface area contributed by atoms with E-state index in [0.717, 1.165) is 4.88 Å². The molecule has 3 nitrogen and oxygen atoms in total. The van der Waals surface area contributed by atoms with E-state index in [4.69, 9.17) is 4.74 Å². The van der Waals surface area contributed by atoms with Crippen LogP contribution in [0.25, 0.3) is 6.08 Å². The lowest BCUT2D eigenvalue weighted by Gasteiger charge is -2.10. The quantitative estimate of drug-likeness (QED) is 0.577. The number of thiophene rings is 1. The largest absolute Gasteiger partial charge is 0.493 e. The second-order valence-electron chi connectivity index (χ2n) is 4.40. The smallest absolute Gasteiger partial charge is 0.387 e. The molecule has 2 rings (SSSR count). The molecule has 6 heteroatoms. The first kappa shape index (κ1) is 16.2. The van der Waals surface area contributed by atoms with Gasteiger partial charge in [-0.2, -0.15) is 8.78 Å². The zero-order valence-corrected chi connectivity index (χ0v) is 12.8. The number of hydrogen-bond acceptors (Lipinski definition) is 4. The van der Waals surface area contributed by atoms with Crippen molar-refractivity contribution in [1.82, 2.24) is 0 Å². The standard InChI is InChI=1S/C16H14F2O3S/c1-10-3-8-15(22-10)12(19)6-4-11-5-7-13(21-16(17)18)14(9-11)20-2/h3-9,16H,1-2H3. The Bertz CT molecular complexity index is 692. The Hall–Kier alpha value is -2.21. The number of halogens is 2. The summed E-state index contributed by atoms with van der Waals surface area (Å²) in [7, 11) is 1.36. The summed E-state index contributed by atoms with van der Waals surface area (Å²) in [5, 5.41) is 0. The molecule has 0 saturated heterocycles. The normalized spacial score (nSPS) is 11.1. The Morgan fingerprint density at radius 3 is 2.59 bits per heavy atom. The van der Waals surface area contributed by atoms with Crippen LogP contribution in [0.5, 0.6) is 11.5 Å². The first-order valence-corrected chi connectivity index (χ1v) is 7.23. The molecule has 1 aromatic heterocycles. The summed E-state index contributed by atoms with van der Waals surface area (Å²) < 4.78 is 33.8. The second kappa shape index (κ2) is 7.17. The Morgan fingerprint density at radius 2 is 2.00 bits per heavy atom. The molecule has 0 amide bonds. The molecule has 2 aromatic rings. The van der Waals surface area contributed by atoms with Crippen molar-refractivity contribution >= 4 is 23.2 Å². The lowest BCUT2D eigenvalue weighted by Crippen LogP contribution is -2.03. The van der Waals surface area contributed by atoms with Crippen molar-refractivity contribution in [3.8, 4) is 11.5 Å². The fourth-order valence-corrected chi connectivity index (χ4v) is 2.59. The topological polar surface area (TPSA) is 35.5 Å². The fourth-order valence-electron chi connectivity index (χ4n) is 1.80. The monoisotopic (exact) mass is 324 g/mol. The number of methoxy groups -OCH3 is 1. The number of carbonyl (C=O) groups excluding carboxylic acids is 1. The molecule has 0 saturated carbocycles. The Balaban J connectivity index is 2.15. The Morgan fingerprint density at radius 1 is 1.23 bits per heavy atom. The van der Waals surface area contributed by atoms with E-state index < -0.39 is 6.61 Å². The van der Waals surface area contributed by atoms with Crippen LogP contribution in [0.1, 0.15) is 20.1 Å². The molecule has 0 atom stereocenters. The predicted octanol–water partition coefficient (Wildman–Crippen LogP) is 4.56. The van der Waals surface area contributed by atoms with Crippen LogP contribution in [-0.4, -0.2) is 19.5 Å². The van der Waals surface area contributed by atoms with Gasteiger partial charge in [0.15, 0.2) is 17.3 Å². The average molecular weight is 324 g/mol. The molecule has 0 aliphatic rings. The summed E-state index contributed by atoms with van der Waals surface area (Å²) in [6, 6.07) is 8.13. The Kier molecular flexibility index (Phi) is 5.27. The molecule has 0 spiro atoms. The van der Waals surface area contributed by atoms with Gasteiger partial charge in [-0.05, 0) is 42.8 Å². The van der Waals surface area contributed by atoms with E-state index >= 15 is 0 Å². The molecule has 1 aromatic carbocycles. The molecule has 1 heterocycles. The van der Waals surface area contributed by atoms with E-state index in [1.807, 2.05) is 13.0 Å². The van der Waals surface area contributed by atoms with Crippen molar-refractivity contribution in [2.75, 3.05) is 7.11 Å². The summed E-state index contributed by atoms with van der Waals surface area (Å²) in [4.78, 5) is 13.7. The lowest BCUT2D eigenvalue weighted by atomic mass is 10.1. The van der Waals surface area contributed by atoms with Gasteiger partial charge in [0.1, 0.15) is 0 Å². The van der Waals surface area contributed by atoms with Gasteiger partial charge in [-0.25, -0.2) is 0 Å². The van der Waals surface area contributed by atoms with Crippen molar-refractivity contribution in [3.63, 3.8) is 0 Å². The molecular weight excluding hydrogens is 310 g/mol. The van der Waals surface area contributed by atoms with Crippen LogP contribution >= 0.6 is 11.3 Å². The van der Waals surface area contributed by atoms with Gasteiger partial charge < -0.3 is 9.47 Å². The molecule has 0 bridgehead atoms. The van der Waals surface area contributed by atoms with Gasteiger partial charge in [-0.1, -0.05) is 12.1 Å². The van der Waals surface area contributed by atoms with Crippen LogP contribution < -0.4 is 9.47 Å². The van der Waals surface area contributed by atoms with Crippen molar-refractivity contribution in [1.29, 1.82) is 0 Å². The van der Waals surface area contributed by atoms with Gasteiger partial charge in [0.05, 0.1) is 12.0 Å². The van der Waals surface area contributed by atoms with E-state index in [2.05, 4.69) is 4.74 Å². The lowest BCUT2D eigenvalue weighted by molar-refractivity contribution is -0.0512. The third kappa shape index (κ3) is 4.14. The number of ether oxygens (including phenoxy) is 2. The number of benzene rings is 1. The highest BCUT2D eigenvalue weighted by Gasteiger charge is 2.10. The fraction of sp³-hybridized carbons (Fsp3) is 0.188. The maximum Gasteiger partial charge on any atom is 0.387 e. The minimum atomic E-state index is -2.92. The van der Waals surface area contributed by atoms with Crippen LogP contribution in [0.2, 0.25) is 0 Å². The molecular formula is C16H14F2O3S. The van der Waals surface area contributed by atoms with Crippen LogP contribution in [0, 0.1) is 6.92 Å². The van der Waals surface area contributed by atoms with E-state index in [1.165, 1.54) is 36.7 Å².